The maximum absolute atomic E-state index is 14.6. The summed E-state index contributed by atoms with van der Waals surface area (Å²) in [6, 6.07) is 36.9. The van der Waals surface area contributed by atoms with Crippen LogP contribution in [0.15, 0.2) is 176 Å². The quantitative estimate of drug-likeness (QED) is 0.0239. The van der Waals surface area contributed by atoms with E-state index in [9.17, 15) is 102 Å². The van der Waals surface area contributed by atoms with E-state index in [0.717, 1.165) is 25.5 Å². The lowest BCUT2D eigenvalue weighted by molar-refractivity contribution is -0.228. The van der Waals surface area contributed by atoms with Crippen molar-refractivity contribution in [3.63, 3.8) is 0 Å². The van der Waals surface area contributed by atoms with Crippen LogP contribution in [-0.2, 0) is 65.8 Å². The van der Waals surface area contributed by atoms with Crippen molar-refractivity contribution in [2.45, 2.75) is 101 Å². The predicted molar refractivity (Wildman–Crippen MR) is 419 cm³/mol. The Morgan fingerprint density at radius 2 is 0.625 bits per heavy atom. The summed E-state index contributed by atoms with van der Waals surface area (Å²) >= 11 is 0. The van der Waals surface area contributed by atoms with Gasteiger partial charge < -0.3 is 83.7 Å². The fourth-order valence-corrected chi connectivity index (χ4v) is 18.0. The highest BCUT2D eigenvalue weighted by molar-refractivity contribution is 7.95. The number of hydrogen-bond acceptors (Lipinski definition) is 14. The van der Waals surface area contributed by atoms with E-state index < -0.39 is 166 Å². The summed E-state index contributed by atoms with van der Waals surface area (Å²) in [4.78, 5) is 10.8. The molecule has 6 heterocycles. The van der Waals surface area contributed by atoms with E-state index in [2.05, 4.69) is 118 Å². The van der Waals surface area contributed by atoms with Crippen molar-refractivity contribution in [3.05, 3.63) is 297 Å². The van der Waals surface area contributed by atoms with Crippen LogP contribution in [0, 0.1) is 123 Å². The zero-order chi connectivity index (χ0) is 89.8. The molecular weight excluding hydrogens is 1830 g/mol. The number of halogens is 23. The number of aldehydes is 1. The van der Waals surface area contributed by atoms with Gasteiger partial charge in [-0.05, 0) is 111 Å². The van der Waals surface area contributed by atoms with E-state index in [1.54, 1.807) is 0 Å². The number of hydrogen-bond donors (Lipinski definition) is 1. The lowest BCUT2D eigenvalue weighted by Crippen LogP contribution is -3.00. The van der Waals surface area contributed by atoms with E-state index in [4.69, 9.17) is 42.6 Å². The third-order valence-electron chi connectivity index (χ3n) is 21.5. The van der Waals surface area contributed by atoms with Crippen LogP contribution in [0.3, 0.4) is 0 Å². The van der Waals surface area contributed by atoms with Gasteiger partial charge in [0.2, 0.25) is 0 Å². The number of ether oxygens (including phenoxy) is 12. The van der Waals surface area contributed by atoms with Crippen LogP contribution >= 0.6 is 7.26 Å². The molecule has 6 saturated heterocycles. The summed E-state index contributed by atoms with van der Waals surface area (Å²) in [7, 11) is -1.53. The highest BCUT2D eigenvalue weighted by Gasteiger charge is 2.48. The summed E-state index contributed by atoms with van der Waals surface area (Å²) in [5.74, 6) is -30.7. The molecule has 0 bridgehead atoms. The maximum Gasteiger partial charge on any atom is 0.432 e. The zero-order valence-corrected chi connectivity index (χ0v) is 69.1. The number of carbonyl (C=O) groups excluding carboxylic acids is 1. The first kappa shape index (κ1) is 102. The molecule has 38 heteroatoms. The Balaban J connectivity index is 0.000000214. The van der Waals surface area contributed by atoms with Crippen molar-refractivity contribution < 1.29 is 182 Å². The average Bonchev–Trinajstić information content (AvgIpc) is 0.943. The number of aliphatic hydroxyl groups excluding tert-OH is 1. The molecule has 1 N–H and O–H groups in total. The second-order valence-electron chi connectivity index (χ2n) is 30.1. The monoisotopic (exact) mass is 1920 g/mol. The third kappa shape index (κ3) is 24.7. The second kappa shape index (κ2) is 45.1. The lowest BCUT2D eigenvalue weighted by atomic mass is 9.91. The second-order valence-corrected chi connectivity index (χ2v) is 33.7. The largest absolute Gasteiger partial charge is 1.00 e. The van der Waals surface area contributed by atoms with Gasteiger partial charge in [-0.1, -0.05) is 68.1 Å². The average molecular weight is 1920 g/mol. The third-order valence-corrected chi connectivity index (χ3v) is 25.5. The van der Waals surface area contributed by atoms with E-state index in [-0.39, 0.29) is 190 Å². The molecule has 6 atom stereocenters. The van der Waals surface area contributed by atoms with E-state index in [1.165, 1.54) is 15.9 Å². The van der Waals surface area contributed by atoms with Crippen LogP contribution in [0.5, 0.6) is 17.2 Å². The Hall–Kier alpha value is -9.24. The number of benzene rings is 9. The predicted octanol–water partition coefficient (Wildman–Crippen LogP) is 17.9. The standard InChI is InChI=1S/C24H21F7O4.C23H21F7O5.C23H19F7O5.C19H18P.CH4.BrH.FH.H2/c1-2-12-3-4-20(32-9-12)14-10-33-23(34-11-14)13-5-16(25)21(17(26)6-13)24(30,31)35-15-7-18(27)22(29)19(28)8-15;2*24-15-3-12(22-33-9-13(10-34-22)19-2-1-11(7-31)8-32-19)4-16(25)20(15)23(29,30)35-14-5-17(26)21(28)18(27)6-14;1-20(17-11-5-2-6-12-17,18-13-7-3-8-14-18)19-15-9-4-10-16-19;;;;/h2,5-8,12,14,20,23H,1,3-4,9-11H2;3-6,11,13,19,22,31H,1-2,7-10H2;3-7,11,13,19,22H,1-2,8-10H2;2-16H,1H3;1H4;3*1H/q;;;+1;;;;/p-1. The molecule has 0 radical (unpaired) electrons. The highest BCUT2D eigenvalue weighted by Crippen LogP contribution is 2.52. The Kier molecular flexibility index (Phi) is 36.1. The van der Waals surface area contributed by atoms with Gasteiger partial charge in [0.15, 0.2) is 71.2 Å². The molecule has 0 aromatic heterocycles. The lowest BCUT2D eigenvalue weighted by Gasteiger charge is -2.37. The summed E-state index contributed by atoms with van der Waals surface area (Å²) in [6.45, 7) is 8.18. The summed E-state index contributed by atoms with van der Waals surface area (Å²) < 4.78 is 356. The van der Waals surface area contributed by atoms with Crippen molar-refractivity contribution in [1.29, 1.82) is 0 Å². The van der Waals surface area contributed by atoms with Crippen LogP contribution in [0.4, 0.5) is 96.9 Å². The molecule has 6 fully saturated rings. The Morgan fingerprint density at radius 1 is 0.375 bits per heavy atom. The molecule has 9 aromatic rings. The highest BCUT2D eigenvalue weighted by atomic mass is 79.9. The summed E-state index contributed by atoms with van der Waals surface area (Å²) in [5, 5.41) is 13.5. The number of aliphatic hydroxyl groups is 1. The fraction of sp³-hybridized carbons (Fsp3) is 0.367. The topological polar surface area (TPSA) is 148 Å². The molecule has 14 nitrogen and oxygen atoms in total. The molecule has 6 aliphatic heterocycles. The number of carbonyl (C=O) groups is 1. The first-order chi connectivity index (χ1) is 59.6. The van der Waals surface area contributed by atoms with Gasteiger partial charge in [0, 0.05) is 96.6 Å². The summed E-state index contributed by atoms with van der Waals surface area (Å²) in [6.07, 6.45) is -11.2. The molecule has 0 saturated carbocycles. The van der Waals surface area contributed by atoms with Crippen LogP contribution in [0.2, 0.25) is 0 Å². The van der Waals surface area contributed by atoms with E-state index in [1.807, 2.05) is 6.08 Å². The van der Waals surface area contributed by atoms with E-state index >= 15 is 0 Å². The van der Waals surface area contributed by atoms with Gasteiger partial charge >= 0.3 is 18.3 Å². The van der Waals surface area contributed by atoms with Gasteiger partial charge in [0.05, 0.1) is 84.4 Å². The van der Waals surface area contributed by atoms with Crippen molar-refractivity contribution >= 4 is 29.5 Å². The van der Waals surface area contributed by atoms with Gasteiger partial charge in [-0.15, -0.1) is 6.58 Å². The van der Waals surface area contributed by atoms with Crippen LogP contribution in [-0.4, -0.2) is 102 Å². The van der Waals surface area contributed by atoms with Crippen LogP contribution in [0.25, 0.3) is 0 Å². The Bertz CT molecular complexity index is 4750. The molecule has 128 heavy (non-hydrogen) atoms. The Morgan fingerprint density at radius 3 is 0.844 bits per heavy atom. The molecule has 6 unspecified atom stereocenters. The maximum atomic E-state index is 14.6. The fourth-order valence-electron chi connectivity index (χ4n) is 14.8. The molecule has 0 spiro atoms. The van der Waals surface area contributed by atoms with Crippen LogP contribution < -0.4 is 47.1 Å². The Labute approximate surface area is 732 Å². The van der Waals surface area contributed by atoms with Gasteiger partial charge in [-0.3, -0.25) is 4.70 Å². The van der Waals surface area contributed by atoms with Gasteiger partial charge in [-0.25, -0.2) is 65.9 Å². The number of alkyl halides is 6. The smallest absolute Gasteiger partial charge is 0.432 e. The minimum atomic E-state index is -4.69. The van der Waals surface area contributed by atoms with Crippen molar-refractivity contribution in [1.82, 2.24) is 0 Å². The van der Waals surface area contributed by atoms with Gasteiger partial charge in [0.1, 0.15) is 98.3 Å². The van der Waals surface area contributed by atoms with Crippen molar-refractivity contribution in [2.75, 3.05) is 72.7 Å². The molecule has 0 amide bonds. The molecule has 6 aliphatic rings. The first-order valence-electron chi connectivity index (χ1n) is 39.0. The minimum Gasteiger partial charge on any atom is -1.00 e. The minimum absolute atomic E-state index is 0. The normalized spacial score (nSPS) is 22.6. The van der Waals surface area contributed by atoms with Crippen molar-refractivity contribution in [2.24, 2.45) is 35.5 Å². The SMILES string of the molecule is C.C=CC1CCC(C2COC(c3cc(F)c(C(F)(F)Oc4cc(F)c(F)c(F)c4)c(F)c3)OC2)OC1.C[P+](c1ccccc1)(c1ccccc1)c1ccccc1.F.O=CC1CCC(C2COC(c3cc(F)c(C(F)(F)Oc4cc(F)c(F)c(F)c4)c(F)c3)OC2)OC1.OCC1CCC(C2COC(c3cc(F)c(C(F)(F)Oc4cc(F)c(F)c(F)c4)c(F)c3)OC2)OC1.[Br-].[HH]. The van der Waals surface area contributed by atoms with Gasteiger partial charge in [0.25, 0.3) is 0 Å². The molecule has 9 aromatic carbocycles. The molecule has 0 aliphatic carbocycles. The molecule has 696 valence electrons. The molecular formula is C90H86BrF22O14P. The number of rotatable bonds is 21. The van der Waals surface area contributed by atoms with Crippen LogP contribution in [0.1, 0.15) is 99.6 Å². The summed E-state index contributed by atoms with van der Waals surface area (Å²) in [5.41, 5.74) is -6.04. The van der Waals surface area contributed by atoms with E-state index in [0.29, 0.717) is 68.9 Å². The first-order valence-corrected chi connectivity index (χ1v) is 41.2. The zero-order valence-electron chi connectivity index (χ0n) is 66.6. The molecule has 15 rings (SSSR count). The van der Waals surface area contributed by atoms with Crippen molar-refractivity contribution in [3.8, 4) is 17.2 Å². The van der Waals surface area contributed by atoms with Gasteiger partial charge in [-0.2, -0.15) is 26.3 Å².